The second-order valence-corrected chi connectivity index (χ2v) is 7.99. The van der Waals surface area contributed by atoms with Crippen LogP contribution in [0.4, 0.5) is 13.2 Å². The van der Waals surface area contributed by atoms with Gasteiger partial charge in [0.25, 0.3) is 11.1 Å². The van der Waals surface area contributed by atoms with E-state index in [4.69, 9.17) is 0 Å². The SMILES string of the molecule is Cn1c(C(F)(F)F)cc(=O)n(-c2ccc3snc(-c4nc5ccccc5[nH]c4=O)c3c2)c1=O. The number of nitrogens with one attached hydrogen (secondary N) is 1. The maximum Gasteiger partial charge on any atom is 0.431 e. The molecule has 0 radical (unpaired) electrons. The molecule has 166 valence electrons. The van der Waals surface area contributed by atoms with Crippen molar-refractivity contribution in [3.8, 4) is 17.1 Å². The highest BCUT2D eigenvalue weighted by molar-refractivity contribution is 7.13. The number of aromatic nitrogens is 5. The first-order valence-corrected chi connectivity index (χ1v) is 10.2. The van der Waals surface area contributed by atoms with Gasteiger partial charge < -0.3 is 4.98 Å². The fourth-order valence-electron chi connectivity index (χ4n) is 3.56. The number of fused-ring (bicyclic) bond motifs is 2. The van der Waals surface area contributed by atoms with Gasteiger partial charge >= 0.3 is 11.9 Å². The predicted octanol–water partition coefficient (Wildman–Crippen LogP) is 3.07. The van der Waals surface area contributed by atoms with E-state index in [1.165, 1.54) is 12.1 Å². The molecule has 0 unspecified atom stereocenters. The Balaban J connectivity index is 1.74. The third-order valence-corrected chi connectivity index (χ3v) is 5.97. The predicted molar refractivity (Wildman–Crippen MR) is 117 cm³/mol. The molecule has 1 N–H and O–H groups in total. The van der Waals surface area contributed by atoms with E-state index >= 15 is 0 Å². The van der Waals surface area contributed by atoms with Crippen LogP contribution in [0.25, 0.3) is 38.2 Å². The first-order valence-electron chi connectivity index (χ1n) is 9.44. The van der Waals surface area contributed by atoms with Gasteiger partial charge in [-0.2, -0.15) is 17.5 Å². The molecule has 0 aliphatic heterocycles. The van der Waals surface area contributed by atoms with Crippen LogP contribution in [0.15, 0.2) is 62.9 Å². The van der Waals surface area contributed by atoms with Crippen molar-refractivity contribution < 1.29 is 13.2 Å². The number of alkyl halides is 3. The monoisotopic (exact) mass is 471 g/mol. The standard InChI is InChI=1S/C21H12F3N5O3S/c1-28-15(21(22,23)24)9-16(30)29(20(28)32)10-6-7-14-11(8-10)17(27-33-14)18-19(31)26-13-5-3-2-4-12(13)25-18/h2-9H,1H3,(H,26,31). The summed E-state index contributed by atoms with van der Waals surface area (Å²) < 4.78 is 45.4. The van der Waals surface area contributed by atoms with Crippen LogP contribution in [-0.2, 0) is 13.2 Å². The molecule has 5 rings (SSSR count). The number of para-hydroxylation sites is 2. The molecule has 33 heavy (non-hydrogen) atoms. The summed E-state index contributed by atoms with van der Waals surface area (Å²) in [4.78, 5) is 44.9. The fourth-order valence-corrected chi connectivity index (χ4v) is 4.32. The van der Waals surface area contributed by atoms with Gasteiger partial charge in [-0.25, -0.2) is 14.3 Å². The largest absolute Gasteiger partial charge is 0.431 e. The summed E-state index contributed by atoms with van der Waals surface area (Å²) in [6.45, 7) is 0. The van der Waals surface area contributed by atoms with Crippen molar-refractivity contribution in [2.45, 2.75) is 6.18 Å². The smallest absolute Gasteiger partial charge is 0.319 e. The van der Waals surface area contributed by atoms with Crippen molar-refractivity contribution in [1.29, 1.82) is 0 Å². The average Bonchev–Trinajstić information content (AvgIpc) is 3.18. The normalized spacial score (nSPS) is 12.0. The number of nitrogens with zero attached hydrogens (tertiary/aromatic N) is 4. The minimum absolute atomic E-state index is 0.0421. The Morgan fingerprint density at radius 2 is 1.76 bits per heavy atom. The number of halogens is 3. The van der Waals surface area contributed by atoms with E-state index in [0.29, 0.717) is 36.3 Å². The Morgan fingerprint density at radius 3 is 2.52 bits per heavy atom. The van der Waals surface area contributed by atoms with Gasteiger partial charge in [-0.15, -0.1) is 0 Å². The van der Waals surface area contributed by atoms with E-state index in [1.807, 2.05) is 0 Å². The van der Waals surface area contributed by atoms with E-state index in [1.54, 1.807) is 30.3 Å². The summed E-state index contributed by atoms with van der Waals surface area (Å²) in [5, 5.41) is 0.430. The Hall–Kier alpha value is -4.06. The van der Waals surface area contributed by atoms with Crippen molar-refractivity contribution in [3.05, 3.63) is 85.4 Å². The minimum atomic E-state index is -4.86. The number of benzene rings is 2. The van der Waals surface area contributed by atoms with Crippen LogP contribution >= 0.6 is 11.5 Å². The molecule has 3 aromatic heterocycles. The van der Waals surface area contributed by atoms with Gasteiger partial charge in [0.15, 0.2) is 5.69 Å². The van der Waals surface area contributed by atoms with Crippen LogP contribution in [-0.4, -0.2) is 23.5 Å². The van der Waals surface area contributed by atoms with Crippen molar-refractivity contribution in [2.24, 2.45) is 7.05 Å². The summed E-state index contributed by atoms with van der Waals surface area (Å²) >= 11 is 1.08. The zero-order valence-corrected chi connectivity index (χ0v) is 17.5. The molecule has 0 amide bonds. The lowest BCUT2D eigenvalue weighted by molar-refractivity contribution is -0.144. The van der Waals surface area contributed by atoms with Gasteiger partial charge in [-0.3, -0.25) is 14.2 Å². The molecular formula is C21H12F3N5O3S. The van der Waals surface area contributed by atoms with Crippen molar-refractivity contribution in [3.63, 3.8) is 0 Å². The van der Waals surface area contributed by atoms with Crippen LogP contribution in [0, 0.1) is 0 Å². The van der Waals surface area contributed by atoms with Crippen molar-refractivity contribution in [2.75, 3.05) is 0 Å². The Kier molecular flexibility index (Phi) is 4.57. The lowest BCUT2D eigenvalue weighted by Gasteiger charge is -2.14. The van der Waals surface area contributed by atoms with E-state index in [-0.39, 0.29) is 17.1 Å². The topological polar surface area (TPSA) is 103 Å². The van der Waals surface area contributed by atoms with E-state index in [2.05, 4.69) is 14.3 Å². The summed E-state index contributed by atoms with van der Waals surface area (Å²) in [7, 11) is 0.940. The van der Waals surface area contributed by atoms with Crippen molar-refractivity contribution in [1.82, 2.24) is 23.5 Å². The summed E-state index contributed by atoms with van der Waals surface area (Å²) in [5.74, 6) is 0. The lowest BCUT2D eigenvalue weighted by Crippen LogP contribution is -2.40. The molecule has 0 aliphatic rings. The summed E-state index contributed by atoms with van der Waals surface area (Å²) in [6.07, 6.45) is -4.86. The Bertz CT molecular complexity index is 1750. The van der Waals surface area contributed by atoms with E-state index in [0.717, 1.165) is 18.6 Å². The van der Waals surface area contributed by atoms with Crippen LogP contribution in [0.2, 0.25) is 0 Å². The van der Waals surface area contributed by atoms with E-state index < -0.39 is 28.7 Å². The average molecular weight is 471 g/mol. The number of hydrogen-bond acceptors (Lipinski definition) is 6. The Labute approximate surface area is 185 Å². The quantitative estimate of drug-likeness (QED) is 0.426. The molecule has 2 aromatic carbocycles. The highest BCUT2D eigenvalue weighted by Gasteiger charge is 2.35. The maximum absolute atomic E-state index is 13.1. The molecule has 0 saturated carbocycles. The fraction of sp³-hybridized carbons (Fsp3) is 0.0952. The van der Waals surface area contributed by atoms with Crippen LogP contribution in [0.3, 0.4) is 0 Å². The van der Waals surface area contributed by atoms with Gasteiger partial charge in [-0.1, -0.05) is 12.1 Å². The first kappa shape index (κ1) is 20.8. The molecule has 5 aromatic rings. The van der Waals surface area contributed by atoms with Crippen LogP contribution < -0.4 is 16.8 Å². The minimum Gasteiger partial charge on any atom is -0.319 e. The number of rotatable bonds is 2. The number of aromatic amines is 1. The van der Waals surface area contributed by atoms with Crippen LogP contribution in [0.1, 0.15) is 5.69 Å². The summed E-state index contributed by atoms with van der Waals surface area (Å²) in [5.41, 5.74) is -2.69. The Morgan fingerprint density at radius 1 is 1.00 bits per heavy atom. The highest BCUT2D eigenvalue weighted by Crippen LogP contribution is 2.31. The number of H-pyrrole nitrogens is 1. The first-order chi connectivity index (χ1) is 15.6. The molecule has 3 heterocycles. The van der Waals surface area contributed by atoms with E-state index in [9.17, 15) is 27.6 Å². The van der Waals surface area contributed by atoms with Gasteiger partial charge in [0.1, 0.15) is 11.4 Å². The molecule has 0 bridgehead atoms. The molecule has 8 nitrogen and oxygen atoms in total. The molecule has 0 fully saturated rings. The second-order valence-electron chi connectivity index (χ2n) is 7.19. The van der Waals surface area contributed by atoms with Gasteiger partial charge in [0.05, 0.1) is 21.4 Å². The third-order valence-electron chi connectivity index (χ3n) is 5.15. The summed E-state index contributed by atoms with van der Waals surface area (Å²) in [6, 6.07) is 11.8. The van der Waals surface area contributed by atoms with Gasteiger partial charge in [0, 0.05) is 18.5 Å². The molecule has 0 atom stereocenters. The lowest BCUT2D eigenvalue weighted by atomic mass is 10.1. The third kappa shape index (κ3) is 3.35. The van der Waals surface area contributed by atoms with Gasteiger partial charge in [0.2, 0.25) is 0 Å². The zero-order valence-electron chi connectivity index (χ0n) is 16.7. The van der Waals surface area contributed by atoms with Crippen molar-refractivity contribution >= 4 is 32.7 Å². The molecular weight excluding hydrogens is 459 g/mol. The second kappa shape index (κ2) is 7.24. The molecule has 0 saturated heterocycles. The maximum atomic E-state index is 13.1. The van der Waals surface area contributed by atoms with Crippen LogP contribution in [0.5, 0.6) is 0 Å². The molecule has 12 heteroatoms. The highest BCUT2D eigenvalue weighted by atomic mass is 32.1. The molecule has 0 spiro atoms. The molecule has 0 aliphatic carbocycles. The van der Waals surface area contributed by atoms with Gasteiger partial charge in [-0.05, 0) is 41.9 Å². The zero-order chi connectivity index (χ0) is 23.5. The number of hydrogen-bond donors (Lipinski definition) is 1.